The first-order valence-corrected chi connectivity index (χ1v) is 14.1. The molecule has 3 aromatic carbocycles. The molecule has 0 aromatic heterocycles. The highest BCUT2D eigenvalue weighted by Crippen LogP contribution is 2.28. The molecule has 0 bridgehead atoms. The van der Waals surface area contributed by atoms with Crippen LogP contribution in [0.2, 0.25) is 5.02 Å². The lowest BCUT2D eigenvalue weighted by Crippen LogP contribution is -2.53. The highest BCUT2D eigenvalue weighted by molar-refractivity contribution is 6.30. The Balaban J connectivity index is 1.61. The molecule has 1 atom stereocenters. The van der Waals surface area contributed by atoms with Gasteiger partial charge in [0.15, 0.2) is 6.61 Å². The lowest BCUT2D eigenvalue weighted by atomic mass is 9.94. The Morgan fingerprint density at radius 1 is 0.875 bits per heavy atom. The van der Waals surface area contributed by atoms with Crippen LogP contribution in [0.1, 0.15) is 43.2 Å². The largest absolute Gasteiger partial charge is 0.496 e. The zero-order valence-corrected chi connectivity index (χ0v) is 23.9. The van der Waals surface area contributed by atoms with Crippen LogP contribution in [-0.4, -0.2) is 49.6 Å². The van der Waals surface area contributed by atoms with Crippen LogP contribution in [0.4, 0.5) is 0 Å². The van der Waals surface area contributed by atoms with Crippen LogP contribution in [0.3, 0.4) is 0 Å². The van der Waals surface area contributed by atoms with Crippen molar-refractivity contribution in [3.8, 4) is 17.2 Å². The molecule has 1 aliphatic rings. The van der Waals surface area contributed by atoms with Crippen LogP contribution in [0.15, 0.2) is 72.8 Å². The van der Waals surface area contributed by atoms with E-state index in [2.05, 4.69) is 5.32 Å². The van der Waals surface area contributed by atoms with Crippen LogP contribution >= 0.6 is 11.6 Å². The number of benzene rings is 3. The Kier molecular flexibility index (Phi) is 10.7. The van der Waals surface area contributed by atoms with Gasteiger partial charge in [-0.25, -0.2) is 0 Å². The molecular weight excluding hydrogens is 528 g/mol. The molecule has 0 heterocycles. The van der Waals surface area contributed by atoms with E-state index in [1.54, 1.807) is 49.5 Å². The Morgan fingerprint density at radius 3 is 2.12 bits per heavy atom. The fraction of sp³-hybridized carbons (Fsp3) is 0.375. The van der Waals surface area contributed by atoms with Crippen molar-refractivity contribution in [2.24, 2.45) is 0 Å². The molecule has 8 heteroatoms. The summed E-state index contributed by atoms with van der Waals surface area (Å²) in [6, 6.07) is 21.6. The third kappa shape index (κ3) is 8.39. The smallest absolute Gasteiger partial charge is 0.261 e. The number of nitrogens with zero attached hydrogens (tertiary/aromatic N) is 1. The maximum atomic E-state index is 13.9. The summed E-state index contributed by atoms with van der Waals surface area (Å²) in [5, 5.41) is 3.85. The van der Waals surface area contributed by atoms with E-state index in [1.165, 1.54) is 6.42 Å². The number of amides is 2. The highest BCUT2D eigenvalue weighted by Gasteiger charge is 2.32. The van der Waals surface area contributed by atoms with Gasteiger partial charge in [-0.1, -0.05) is 73.3 Å². The Hall–Kier alpha value is -3.71. The fourth-order valence-corrected chi connectivity index (χ4v) is 5.10. The number of hydrogen-bond acceptors (Lipinski definition) is 5. The lowest BCUT2D eigenvalue weighted by Gasteiger charge is -2.33. The summed E-state index contributed by atoms with van der Waals surface area (Å²) >= 11 is 6.12. The predicted octanol–water partition coefficient (Wildman–Crippen LogP) is 5.83. The maximum Gasteiger partial charge on any atom is 0.261 e. The van der Waals surface area contributed by atoms with Crippen LogP contribution in [0.25, 0.3) is 0 Å². The van der Waals surface area contributed by atoms with Crippen molar-refractivity contribution in [1.82, 2.24) is 10.2 Å². The molecule has 4 rings (SSSR count). The van der Waals surface area contributed by atoms with Gasteiger partial charge in [-0.05, 0) is 36.1 Å². The summed E-state index contributed by atoms with van der Waals surface area (Å²) < 4.78 is 16.6. The fourth-order valence-electron chi connectivity index (χ4n) is 4.98. The van der Waals surface area contributed by atoms with Gasteiger partial charge in [0.1, 0.15) is 23.3 Å². The van der Waals surface area contributed by atoms with Gasteiger partial charge in [0, 0.05) is 42.2 Å². The quantitative estimate of drug-likeness (QED) is 0.300. The minimum absolute atomic E-state index is 0.118. The minimum atomic E-state index is -0.726. The summed E-state index contributed by atoms with van der Waals surface area (Å²) in [4.78, 5) is 29.3. The van der Waals surface area contributed by atoms with Gasteiger partial charge in [0.2, 0.25) is 5.91 Å². The Bertz CT molecular complexity index is 1220. The van der Waals surface area contributed by atoms with E-state index in [9.17, 15) is 9.59 Å². The summed E-state index contributed by atoms with van der Waals surface area (Å²) in [7, 11) is 3.10. The van der Waals surface area contributed by atoms with Gasteiger partial charge in [0.05, 0.1) is 14.2 Å². The molecule has 0 radical (unpaired) electrons. The number of nitrogens with one attached hydrogen (secondary N) is 1. The molecule has 1 fully saturated rings. The van der Waals surface area contributed by atoms with Crippen molar-refractivity contribution < 1.29 is 23.8 Å². The number of halogens is 1. The van der Waals surface area contributed by atoms with E-state index < -0.39 is 6.04 Å². The minimum Gasteiger partial charge on any atom is -0.496 e. The van der Waals surface area contributed by atoms with E-state index >= 15 is 0 Å². The number of ether oxygens (including phenoxy) is 3. The third-order valence-electron chi connectivity index (χ3n) is 7.18. The van der Waals surface area contributed by atoms with Crippen LogP contribution in [0.5, 0.6) is 17.2 Å². The standard InChI is InChI=1S/C32H37ClN2O5/c1-38-27-18-28(39-2)20-29(19-27)40-22-31(36)35(21-24-13-15-25(33)16-14-24)30(17-23-9-5-3-6-10-23)32(37)34-26-11-7-4-8-12-26/h3,5-6,9-10,13-16,18-20,26,30H,4,7-8,11-12,17,21-22H2,1-2H3,(H,34,37)/t30-/m0/s1. The average molecular weight is 565 g/mol. The molecule has 0 saturated heterocycles. The SMILES string of the molecule is COc1cc(OC)cc(OCC(=O)N(Cc2ccc(Cl)cc2)[C@@H](Cc2ccccc2)C(=O)NC2CCCCC2)c1. The molecule has 40 heavy (non-hydrogen) atoms. The monoisotopic (exact) mass is 564 g/mol. The van der Waals surface area contributed by atoms with Gasteiger partial charge in [-0.15, -0.1) is 0 Å². The van der Waals surface area contributed by atoms with Crippen LogP contribution in [0, 0.1) is 0 Å². The van der Waals surface area contributed by atoms with Gasteiger partial charge in [-0.3, -0.25) is 9.59 Å². The second-order valence-electron chi connectivity index (χ2n) is 10.0. The van der Waals surface area contributed by atoms with Crippen molar-refractivity contribution >= 4 is 23.4 Å². The normalized spacial score (nSPS) is 14.2. The first-order valence-electron chi connectivity index (χ1n) is 13.7. The topological polar surface area (TPSA) is 77.1 Å². The zero-order chi connectivity index (χ0) is 28.3. The summed E-state index contributed by atoms with van der Waals surface area (Å²) in [5.41, 5.74) is 1.84. The lowest BCUT2D eigenvalue weighted by molar-refractivity contribution is -0.143. The summed E-state index contributed by atoms with van der Waals surface area (Å²) in [6.45, 7) is -0.0255. The first kappa shape index (κ1) is 29.3. The molecule has 0 aliphatic heterocycles. The average Bonchev–Trinajstić information content (AvgIpc) is 2.99. The molecule has 0 spiro atoms. The van der Waals surface area contributed by atoms with Gasteiger partial charge in [0.25, 0.3) is 5.91 Å². The molecular formula is C32H37ClN2O5. The molecule has 3 aromatic rings. The molecule has 1 saturated carbocycles. The molecule has 7 nitrogen and oxygen atoms in total. The second-order valence-corrected chi connectivity index (χ2v) is 10.5. The molecule has 2 amide bonds. The number of carbonyl (C=O) groups excluding carboxylic acids is 2. The maximum absolute atomic E-state index is 13.9. The van der Waals surface area contributed by atoms with Gasteiger partial charge >= 0.3 is 0 Å². The number of carbonyl (C=O) groups is 2. The number of hydrogen-bond donors (Lipinski definition) is 1. The van der Waals surface area contributed by atoms with Crippen LogP contribution in [-0.2, 0) is 22.6 Å². The van der Waals surface area contributed by atoms with E-state index in [4.69, 9.17) is 25.8 Å². The molecule has 1 aliphatic carbocycles. The van der Waals surface area contributed by atoms with E-state index in [0.717, 1.165) is 36.8 Å². The summed E-state index contributed by atoms with van der Waals surface area (Å²) in [5.74, 6) is 1.07. The van der Waals surface area contributed by atoms with E-state index in [1.807, 2.05) is 42.5 Å². The van der Waals surface area contributed by atoms with E-state index in [0.29, 0.717) is 28.7 Å². The van der Waals surface area contributed by atoms with Gasteiger partial charge < -0.3 is 24.4 Å². The summed E-state index contributed by atoms with van der Waals surface area (Å²) in [6.07, 6.45) is 5.67. The van der Waals surface area contributed by atoms with Crippen molar-refractivity contribution in [2.45, 2.75) is 57.2 Å². The van der Waals surface area contributed by atoms with E-state index in [-0.39, 0.29) is 31.0 Å². The second kappa shape index (κ2) is 14.6. The van der Waals surface area contributed by atoms with Gasteiger partial charge in [-0.2, -0.15) is 0 Å². The van der Waals surface area contributed by atoms with Crippen molar-refractivity contribution in [1.29, 1.82) is 0 Å². The molecule has 0 unspecified atom stereocenters. The zero-order valence-electron chi connectivity index (χ0n) is 23.1. The van der Waals surface area contributed by atoms with Crippen molar-refractivity contribution in [2.75, 3.05) is 20.8 Å². The Labute approximate surface area is 241 Å². The first-order chi connectivity index (χ1) is 19.4. The molecule has 1 N–H and O–H groups in total. The predicted molar refractivity (Wildman–Crippen MR) is 156 cm³/mol. The van der Waals surface area contributed by atoms with Crippen molar-refractivity contribution in [3.63, 3.8) is 0 Å². The van der Waals surface area contributed by atoms with Crippen LogP contribution < -0.4 is 19.5 Å². The molecule has 212 valence electrons. The van der Waals surface area contributed by atoms with Crippen molar-refractivity contribution in [3.05, 3.63) is 88.9 Å². The number of rotatable bonds is 12. The number of methoxy groups -OCH3 is 2. The highest BCUT2D eigenvalue weighted by atomic mass is 35.5. The third-order valence-corrected chi connectivity index (χ3v) is 7.43. The Morgan fingerprint density at radius 2 is 1.50 bits per heavy atom.